The lowest BCUT2D eigenvalue weighted by atomic mass is 9.98. The van der Waals surface area contributed by atoms with Crippen LogP contribution in [0.1, 0.15) is 27.7 Å². The first-order valence-electron chi connectivity index (χ1n) is 9.26. The highest BCUT2D eigenvalue weighted by molar-refractivity contribution is 6.30. The summed E-state index contributed by atoms with van der Waals surface area (Å²) in [7, 11) is 5.42. The van der Waals surface area contributed by atoms with Crippen molar-refractivity contribution in [3.8, 4) is 5.75 Å². The summed E-state index contributed by atoms with van der Waals surface area (Å²) in [5.41, 5.74) is 1.32. The number of hydrogen-bond acceptors (Lipinski definition) is 5. The van der Waals surface area contributed by atoms with Crippen LogP contribution in [0.4, 0.5) is 0 Å². The molecule has 2 aromatic carbocycles. The van der Waals surface area contributed by atoms with Crippen molar-refractivity contribution in [2.24, 2.45) is 0 Å². The van der Waals surface area contributed by atoms with Gasteiger partial charge >= 0.3 is 0 Å². The summed E-state index contributed by atoms with van der Waals surface area (Å²) in [6.45, 7) is 1.12. The molecule has 29 heavy (non-hydrogen) atoms. The first-order valence-corrected chi connectivity index (χ1v) is 9.64. The second-order valence-electron chi connectivity index (χ2n) is 7.29. The number of likely N-dealkylation sites (N-methyl/N-ethyl adjacent to an activating group) is 1. The summed E-state index contributed by atoms with van der Waals surface area (Å²) in [5.74, 6) is 0.364. The van der Waals surface area contributed by atoms with E-state index in [0.717, 1.165) is 5.56 Å². The molecule has 1 unspecified atom stereocenters. The molecule has 0 aliphatic carbocycles. The van der Waals surface area contributed by atoms with E-state index >= 15 is 0 Å². The fourth-order valence-electron chi connectivity index (χ4n) is 3.66. The Morgan fingerprint density at radius 3 is 2.52 bits per heavy atom. The molecule has 1 atom stereocenters. The number of hydrogen-bond donors (Lipinski definition) is 0. The van der Waals surface area contributed by atoms with Gasteiger partial charge in [0, 0.05) is 24.2 Å². The molecule has 4 rings (SSSR count). The summed E-state index contributed by atoms with van der Waals surface area (Å²) >= 11 is 6.04. The van der Waals surface area contributed by atoms with Crippen LogP contribution in [-0.4, -0.2) is 50.0 Å². The largest absolute Gasteiger partial charge is 0.497 e. The Labute approximate surface area is 173 Å². The normalized spacial score (nSPS) is 16.0. The molecule has 0 spiro atoms. The van der Waals surface area contributed by atoms with E-state index < -0.39 is 6.04 Å². The Morgan fingerprint density at radius 1 is 1.14 bits per heavy atom. The average molecular weight is 413 g/mol. The van der Waals surface area contributed by atoms with E-state index in [-0.39, 0.29) is 17.1 Å². The van der Waals surface area contributed by atoms with Gasteiger partial charge in [-0.2, -0.15) is 0 Å². The molecule has 1 aliphatic rings. The van der Waals surface area contributed by atoms with Crippen molar-refractivity contribution in [2.45, 2.75) is 6.04 Å². The van der Waals surface area contributed by atoms with Crippen LogP contribution in [0.5, 0.6) is 5.75 Å². The third-order valence-corrected chi connectivity index (χ3v) is 5.40. The van der Waals surface area contributed by atoms with Gasteiger partial charge in [-0.25, -0.2) is 0 Å². The number of ether oxygens (including phenoxy) is 1. The minimum atomic E-state index is -0.516. The zero-order valence-electron chi connectivity index (χ0n) is 16.4. The molecule has 1 aromatic heterocycles. The second kappa shape index (κ2) is 7.54. The number of carbonyl (C=O) groups excluding carboxylic acids is 1. The Morgan fingerprint density at radius 2 is 1.86 bits per heavy atom. The van der Waals surface area contributed by atoms with Crippen LogP contribution < -0.4 is 10.2 Å². The maximum atomic E-state index is 13.4. The van der Waals surface area contributed by atoms with Gasteiger partial charge in [0.1, 0.15) is 11.3 Å². The standard InChI is InChI=1S/C22H21ClN2O4/c1-24(2)10-11-25-19(13-4-6-14(23)7-5-13)18-20(26)16-9-8-15(28-3)12-17(16)29-21(18)22(25)27/h4-9,12,19H,10-11H2,1-3H3. The predicted molar refractivity (Wildman–Crippen MR) is 112 cm³/mol. The number of methoxy groups -OCH3 is 1. The van der Waals surface area contributed by atoms with E-state index in [9.17, 15) is 9.59 Å². The van der Waals surface area contributed by atoms with Crippen LogP contribution in [0.2, 0.25) is 5.02 Å². The smallest absolute Gasteiger partial charge is 0.290 e. The molecular weight excluding hydrogens is 392 g/mol. The lowest BCUT2D eigenvalue weighted by molar-refractivity contribution is 0.0716. The lowest BCUT2D eigenvalue weighted by Gasteiger charge is -2.26. The molecule has 3 aromatic rings. The number of nitrogens with zero attached hydrogens (tertiary/aromatic N) is 2. The van der Waals surface area contributed by atoms with E-state index in [0.29, 0.717) is 40.4 Å². The molecular formula is C22H21ClN2O4. The molecule has 150 valence electrons. The number of benzene rings is 2. The maximum absolute atomic E-state index is 13.4. The van der Waals surface area contributed by atoms with Gasteiger partial charge in [-0.05, 0) is 43.9 Å². The molecule has 7 heteroatoms. The lowest BCUT2D eigenvalue weighted by Crippen LogP contribution is -2.35. The summed E-state index contributed by atoms with van der Waals surface area (Å²) in [6.07, 6.45) is 0. The Balaban J connectivity index is 1.92. The van der Waals surface area contributed by atoms with Gasteiger partial charge < -0.3 is 19.0 Å². The van der Waals surface area contributed by atoms with Crippen molar-refractivity contribution < 1.29 is 13.9 Å². The van der Waals surface area contributed by atoms with Crippen LogP contribution >= 0.6 is 11.6 Å². The van der Waals surface area contributed by atoms with Crippen LogP contribution in [0, 0.1) is 0 Å². The van der Waals surface area contributed by atoms with E-state index in [2.05, 4.69) is 0 Å². The van der Waals surface area contributed by atoms with Crippen molar-refractivity contribution in [2.75, 3.05) is 34.3 Å². The zero-order chi connectivity index (χ0) is 20.7. The summed E-state index contributed by atoms with van der Waals surface area (Å²) in [5, 5.41) is 1.02. The highest BCUT2D eigenvalue weighted by Crippen LogP contribution is 2.38. The van der Waals surface area contributed by atoms with E-state index in [1.54, 1.807) is 35.2 Å². The fraction of sp³-hybridized carbons (Fsp3) is 0.273. The molecule has 6 nitrogen and oxygen atoms in total. The molecule has 0 radical (unpaired) electrons. The second-order valence-corrected chi connectivity index (χ2v) is 7.73. The first kappa shape index (κ1) is 19.5. The summed E-state index contributed by atoms with van der Waals surface area (Å²) < 4.78 is 11.2. The SMILES string of the molecule is COc1ccc2c(=O)c3c(oc2c1)C(=O)N(CCN(C)C)C3c1ccc(Cl)cc1. The Bertz CT molecular complexity index is 1140. The molecule has 1 aliphatic heterocycles. The molecule has 0 fully saturated rings. The number of halogens is 1. The minimum absolute atomic E-state index is 0.0921. The minimum Gasteiger partial charge on any atom is -0.497 e. The van der Waals surface area contributed by atoms with Gasteiger partial charge in [0.15, 0.2) is 5.43 Å². The molecule has 0 saturated carbocycles. The number of rotatable bonds is 5. The topological polar surface area (TPSA) is 63.0 Å². The van der Waals surface area contributed by atoms with Crippen LogP contribution in [0.3, 0.4) is 0 Å². The third-order valence-electron chi connectivity index (χ3n) is 5.15. The molecule has 0 N–H and O–H groups in total. The third kappa shape index (κ3) is 3.39. The number of fused-ring (bicyclic) bond motifs is 2. The zero-order valence-corrected chi connectivity index (χ0v) is 17.2. The van der Waals surface area contributed by atoms with Crippen LogP contribution in [0.25, 0.3) is 11.0 Å². The van der Waals surface area contributed by atoms with Crippen molar-refractivity contribution in [1.29, 1.82) is 0 Å². The monoisotopic (exact) mass is 412 g/mol. The van der Waals surface area contributed by atoms with Gasteiger partial charge in [0.05, 0.1) is 24.1 Å². The van der Waals surface area contributed by atoms with E-state index in [1.807, 2.05) is 31.1 Å². The van der Waals surface area contributed by atoms with Crippen LogP contribution in [0.15, 0.2) is 51.7 Å². The number of amides is 1. The van der Waals surface area contributed by atoms with Gasteiger partial charge in [0.25, 0.3) is 5.91 Å². The quantitative estimate of drug-likeness (QED) is 0.641. The molecule has 1 amide bonds. The van der Waals surface area contributed by atoms with Crippen LogP contribution in [-0.2, 0) is 0 Å². The Kier molecular flexibility index (Phi) is 5.06. The van der Waals surface area contributed by atoms with Crippen molar-refractivity contribution in [3.63, 3.8) is 0 Å². The first-order chi connectivity index (χ1) is 13.9. The Hall–Kier alpha value is -2.83. The highest BCUT2D eigenvalue weighted by Gasteiger charge is 2.42. The van der Waals surface area contributed by atoms with Gasteiger partial charge in [0.2, 0.25) is 5.76 Å². The molecule has 2 heterocycles. The van der Waals surface area contributed by atoms with Gasteiger partial charge in [-0.1, -0.05) is 23.7 Å². The summed E-state index contributed by atoms with van der Waals surface area (Å²) in [4.78, 5) is 30.3. The van der Waals surface area contributed by atoms with Crippen molar-refractivity contribution in [1.82, 2.24) is 9.80 Å². The fourth-order valence-corrected chi connectivity index (χ4v) is 3.78. The van der Waals surface area contributed by atoms with Gasteiger partial charge in [-0.3, -0.25) is 9.59 Å². The van der Waals surface area contributed by atoms with E-state index in [1.165, 1.54) is 7.11 Å². The van der Waals surface area contributed by atoms with E-state index in [4.69, 9.17) is 20.8 Å². The molecule has 0 bridgehead atoms. The van der Waals surface area contributed by atoms with Crippen molar-refractivity contribution >= 4 is 28.5 Å². The predicted octanol–water partition coefficient (Wildman–Crippen LogP) is 3.56. The summed E-state index contributed by atoms with van der Waals surface area (Å²) in [6, 6.07) is 11.7. The average Bonchev–Trinajstić information content (AvgIpc) is 2.99. The van der Waals surface area contributed by atoms with Crippen molar-refractivity contribution in [3.05, 3.63) is 74.6 Å². The maximum Gasteiger partial charge on any atom is 0.290 e. The number of carbonyl (C=O) groups is 1. The van der Waals surface area contributed by atoms with Gasteiger partial charge in [-0.15, -0.1) is 0 Å². The molecule has 0 saturated heterocycles. The highest BCUT2D eigenvalue weighted by atomic mass is 35.5.